The van der Waals surface area contributed by atoms with E-state index in [9.17, 15) is 5.11 Å². The number of rotatable bonds is 2. The normalized spacial score (nSPS) is 37.1. The summed E-state index contributed by atoms with van der Waals surface area (Å²) in [7, 11) is 0. The molecule has 2 rings (SSSR count). The lowest BCUT2D eigenvalue weighted by Gasteiger charge is -2.38. The van der Waals surface area contributed by atoms with E-state index >= 15 is 0 Å². The van der Waals surface area contributed by atoms with Gasteiger partial charge in [-0.25, -0.2) is 0 Å². The zero-order chi connectivity index (χ0) is 12.3. The Balaban J connectivity index is 2.01. The highest BCUT2D eigenvalue weighted by Crippen LogP contribution is 2.31. The Bertz CT molecular complexity index is 229. The molecule has 0 aromatic rings. The third-order valence-electron chi connectivity index (χ3n) is 4.73. The van der Waals surface area contributed by atoms with E-state index in [4.69, 9.17) is 0 Å². The molecule has 0 aromatic carbocycles. The molecule has 1 aliphatic heterocycles. The number of aliphatic hydroxyl groups excluding tert-OH is 1. The molecule has 2 aliphatic rings. The minimum absolute atomic E-state index is 0.0744. The van der Waals surface area contributed by atoms with Gasteiger partial charge in [0.05, 0.1) is 6.10 Å². The van der Waals surface area contributed by atoms with E-state index in [1.54, 1.807) is 0 Å². The zero-order valence-corrected chi connectivity index (χ0v) is 11.6. The van der Waals surface area contributed by atoms with Crippen LogP contribution in [0.4, 0.5) is 0 Å². The molecular formula is C15H29NO. The maximum absolute atomic E-state index is 10.4. The van der Waals surface area contributed by atoms with Crippen LogP contribution in [0.2, 0.25) is 0 Å². The lowest BCUT2D eigenvalue weighted by Crippen LogP contribution is -2.48. The molecule has 2 fully saturated rings. The van der Waals surface area contributed by atoms with Crippen molar-refractivity contribution in [3.63, 3.8) is 0 Å². The Morgan fingerprint density at radius 1 is 0.941 bits per heavy atom. The average Bonchev–Trinajstić information content (AvgIpc) is 2.73. The van der Waals surface area contributed by atoms with E-state index in [2.05, 4.69) is 18.7 Å². The molecule has 3 unspecified atom stereocenters. The highest BCUT2D eigenvalue weighted by molar-refractivity contribution is 4.90. The lowest BCUT2D eigenvalue weighted by atomic mass is 9.91. The van der Waals surface area contributed by atoms with Crippen LogP contribution in [-0.2, 0) is 0 Å². The van der Waals surface area contributed by atoms with Crippen LogP contribution in [0.3, 0.4) is 0 Å². The molecular weight excluding hydrogens is 210 g/mol. The van der Waals surface area contributed by atoms with Crippen molar-refractivity contribution in [2.45, 2.75) is 83.4 Å². The molecule has 17 heavy (non-hydrogen) atoms. The first-order valence-corrected chi connectivity index (χ1v) is 7.64. The molecule has 3 atom stereocenters. The minimum atomic E-state index is -0.0744. The smallest absolute Gasteiger partial charge is 0.0695 e. The van der Waals surface area contributed by atoms with Crippen molar-refractivity contribution in [2.75, 3.05) is 6.54 Å². The summed E-state index contributed by atoms with van der Waals surface area (Å²) < 4.78 is 0. The van der Waals surface area contributed by atoms with Gasteiger partial charge >= 0.3 is 0 Å². The van der Waals surface area contributed by atoms with Gasteiger partial charge in [-0.2, -0.15) is 0 Å². The number of hydrogen-bond acceptors (Lipinski definition) is 2. The van der Waals surface area contributed by atoms with Gasteiger partial charge in [0.2, 0.25) is 0 Å². The minimum Gasteiger partial charge on any atom is -0.391 e. The molecule has 1 aliphatic carbocycles. The molecule has 0 aromatic heterocycles. The highest BCUT2D eigenvalue weighted by Gasteiger charge is 2.35. The largest absolute Gasteiger partial charge is 0.391 e. The zero-order valence-electron chi connectivity index (χ0n) is 11.6. The van der Waals surface area contributed by atoms with Crippen LogP contribution < -0.4 is 0 Å². The molecule has 1 saturated carbocycles. The van der Waals surface area contributed by atoms with Crippen molar-refractivity contribution in [1.29, 1.82) is 0 Å². The van der Waals surface area contributed by atoms with Crippen molar-refractivity contribution in [2.24, 2.45) is 5.92 Å². The van der Waals surface area contributed by atoms with E-state index in [1.807, 2.05) is 0 Å². The maximum atomic E-state index is 10.4. The number of aliphatic hydroxyl groups is 1. The van der Waals surface area contributed by atoms with Gasteiger partial charge in [0.1, 0.15) is 0 Å². The Labute approximate surface area is 106 Å². The van der Waals surface area contributed by atoms with Crippen molar-refractivity contribution in [1.82, 2.24) is 4.90 Å². The standard InChI is InChI=1S/C15H29NO/c1-12(2)13-9-7-11-16(13)14-8-5-3-4-6-10-15(14)17/h12-15,17H,3-11H2,1-2H3. The van der Waals surface area contributed by atoms with Gasteiger partial charge in [-0.05, 0) is 38.1 Å². The van der Waals surface area contributed by atoms with E-state index < -0.39 is 0 Å². The Morgan fingerprint density at radius 3 is 2.35 bits per heavy atom. The molecule has 0 radical (unpaired) electrons. The van der Waals surface area contributed by atoms with Crippen LogP contribution in [0, 0.1) is 5.92 Å². The molecule has 1 saturated heterocycles. The molecule has 1 N–H and O–H groups in total. The van der Waals surface area contributed by atoms with Crippen LogP contribution in [0.25, 0.3) is 0 Å². The van der Waals surface area contributed by atoms with Crippen molar-refractivity contribution >= 4 is 0 Å². The Hall–Kier alpha value is -0.0800. The van der Waals surface area contributed by atoms with Crippen LogP contribution >= 0.6 is 0 Å². The summed E-state index contributed by atoms with van der Waals surface area (Å²) in [6.07, 6.45) is 10.0. The molecule has 0 amide bonds. The average molecular weight is 239 g/mol. The summed E-state index contributed by atoms with van der Waals surface area (Å²) in [6.45, 7) is 5.88. The number of nitrogens with zero attached hydrogens (tertiary/aromatic N) is 1. The number of likely N-dealkylation sites (tertiary alicyclic amines) is 1. The van der Waals surface area contributed by atoms with Gasteiger partial charge in [0.15, 0.2) is 0 Å². The fourth-order valence-electron chi connectivity index (χ4n) is 3.77. The SMILES string of the molecule is CC(C)C1CCCN1C1CCCCCCC1O. The second-order valence-electron chi connectivity index (χ2n) is 6.32. The molecule has 1 heterocycles. The molecule has 2 nitrogen and oxygen atoms in total. The fourth-order valence-corrected chi connectivity index (χ4v) is 3.77. The van der Waals surface area contributed by atoms with Crippen molar-refractivity contribution in [3.05, 3.63) is 0 Å². The highest BCUT2D eigenvalue weighted by atomic mass is 16.3. The first-order chi connectivity index (χ1) is 8.20. The third kappa shape index (κ3) is 3.23. The topological polar surface area (TPSA) is 23.5 Å². The lowest BCUT2D eigenvalue weighted by molar-refractivity contribution is 0.0157. The van der Waals surface area contributed by atoms with Gasteiger partial charge in [0, 0.05) is 12.1 Å². The molecule has 100 valence electrons. The first kappa shape index (κ1) is 13.4. The summed E-state index contributed by atoms with van der Waals surface area (Å²) in [5, 5.41) is 10.4. The van der Waals surface area contributed by atoms with Crippen molar-refractivity contribution in [3.8, 4) is 0 Å². The second kappa shape index (κ2) is 6.19. The van der Waals surface area contributed by atoms with E-state index in [-0.39, 0.29) is 6.10 Å². The predicted octanol–water partition coefficient (Wildman–Crippen LogP) is 3.19. The van der Waals surface area contributed by atoms with Crippen LogP contribution in [0.15, 0.2) is 0 Å². The van der Waals surface area contributed by atoms with Gasteiger partial charge in [-0.3, -0.25) is 4.90 Å². The van der Waals surface area contributed by atoms with Gasteiger partial charge < -0.3 is 5.11 Å². The van der Waals surface area contributed by atoms with E-state index in [0.29, 0.717) is 12.1 Å². The number of hydrogen-bond donors (Lipinski definition) is 1. The summed E-state index contributed by atoms with van der Waals surface area (Å²) in [5.74, 6) is 0.732. The summed E-state index contributed by atoms with van der Waals surface area (Å²) in [5.41, 5.74) is 0. The van der Waals surface area contributed by atoms with Crippen LogP contribution in [-0.4, -0.2) is 34.7 Å². The third-order valence-corrected chi connectivity index (χ3v) is 4.73. The van der Waals surface area contributed by atoms with E-state index in [1.165, 1.54) is 51.5 Å². The summed E-state index contributed by atoms with van der Waals surface area (Å²) in [6, 6.07) is 1.17. The van der Waals surface area contributed by atoms with Gasteiger partial charge in [-0.15, -0.1) is 0 Å². The van der Waals surface area contributed by atoms with Crippen LogP contribution in [0.5, 0.6) is 0 Å². The molecule has 0 bridgehead atoms. The second-order valence-corrected chi connectivity index (χ2v) is 6.32. The molecule has 0 spiro atoms. The van der Waals surface area contributed by atoms with Gasteiger partial charge in [-0.1, -0.05) is 39.5 Å². The maximum Gasteiger partial charge on any atom is 0.0695 e. The monoisotopic (exact) mass is 239 g/mol. The van der Waals surface area contributed by atoms with Crippen molar-refractivity contribution < 1.29 is 5.11 Å². The Morgan fingerprint density at radius 2 is 1.65 bits per heavy atom. The van der Waals surface area contributed by atoms with E-state index in [0.717, 1.165) is 12.3 Å². The molecule has 2 heteroatoms. The van der Waals surface area contributed by atoms with Crippen LogP contribution in [0.1, 0.15) is 65.2 Å². The van der Waals surface area contributed by atoms with Gasteiger partial charge in [0.25, 0.3) is 0 Å². The Kier molecular flexibility index (Phi) is 4.87. The quantitative estimate of drug-likeness (QED) is 0.800. The predicted molar refractivity (Wildman–Crippen MR) is 72.1 cm³/mol. The summed E-state index contributed by atoms with van der Waals surface area (Å²) >= 11 is 0. The first-order valence-electron chi connectivity index (χ1n) is 7.64. The fraction of sp³-hybridized carbons (Fsp3) is 1.00. The summed E-state index contributed by atoms with van der Waals surface area (Å²) in [4.78, 5) is 2.64.